The first-order valence-corrected chi connectivity index (χ1v) is 10.1. The molecule has 0 saturated carbocycles. The number of hydrogen-bond donors (Lipinski definition) is 2. The highest BCUT2D eigenvalue weighted by Gasteiger charge is 2.37. The van der Waals surface area contributed by atoms with E-state index in [1.165, 1.54) is 42.7 Å². The minimum Gasteiger partial charge on any atom is -0.478 e. The molecule has 0 spiro atoms. The lowest BCUT2D eigenvalue weighted by Crippen LogP contribution is -2.54. The zero-order valence-electron chi connectivity index (χ0n) is 17.5. The second kappa shape index (κ2) is 8.36. The maximum atomic E-state index is 13.1. The van der Waals surface area contributed by atoms with E-state index in [-0.39, 0.29) is 21.8 Å². The van der Waals surface area contributed by atoms with Crippen LogP contribution in [0.25, 0.3) is 11.8 Å². The topological polar surface area (TPSA) is 122 Å². The molecule has 0 aliphatic carbocycles. The van der Waals surface area contributed by atoms with E-state index in [0.717, 1.165) is 10.6 Å². The van der Waals surface area contributed by atoms with E-state index >= 15 is 0 Å². The first-order valence-electron chi connectivity index (χ1n) is 9.72. The summed E-state index contributed by atoms with van der Waals surface area (Å²) in [6.45, 7) is 3.57. The number of imide groups is 2. The van der Waals surface area contributed by atoms with Gasteiger partial charge in [-0.15, -0.1) is 0 Å². The fourth-order valence-electron chi connectivity index (χ4n) is 3.69. The Morgan fingerprint density at radius 2 is 1.76 bits per heavy atom. The monoisotopic (exact) mass is 464 g/mol. The minimum atomic E-state index is -1.16. The summed E-state index contributed by atoms with van der Waals surface area (Å²) >= 11 is 5.98. The average Bonchev–Trinajstić information content (AvgIpc) is 3.05. The number of pyridine rings is 1. The maximum Gasteiger partial charge on any atom is 0.337 e. The molecule has 3 heterocycles. The molecule has 1 saturated heterocycles. The van der Waals surface area contributed by atoms with Crippen LogP contribution in [0.3, 0.4) is 0 Å². The minimum absolute atomic E-state index is 0.0464. The molecule has 3 aromatic rings. The van der Waals surface area contributed by atoms with Gasteiger partial charge in [0, 0.05) is 29.5 Å². The molecule has 166 valence electrons. The Morgan fingerprint density at radius 1 is 1.06 bits per heavy atom. The summed E-state index contributed by atoms with van der Waals surface area (Å²) in [7, 11) is 0. The van der Waals surface area contributed by atoms with Gasteiger partial charge in [-0.2, -0.15) is 0 Å². The zero-order valence-corrected chi connectivity index (χ0v) is 18.3. The lowest BCUT2D eigenvalue weighted by molar-refractivity contribution is -0.122. The van der Waals surface area contributed by atoms with Crippen molar-refractivity contribution in [3.8, 4) is 5.69 Å². The Morgan fingerprint density at radius 3 is 2.42 bits per heavy atom. The Bertz CT molecular complexity index is 1360. The number of barbiturate groups is 1. The van der Waals surface area contributed by atoms with Gasteiger partial charge in [-0.1, -0.05) is 11.6 Å². The number of nitrogens with zero attached hydrogens (tertiary/aromatic N) is 3. The lowest BCUT2D eigenvalue weighted by Gasteiger charge is -2.26. The number of anilines is 1. The van der Waals surface area contributed by atoms with E-state index < -0.39 is 23.8 Å². The van der Waals surface area contributed by atoms with E-state index in [1.54, 1.807) is 30.5 Å². The zero-order chi connectivity index (χ0) is 23.9. The van der Waals surface area contributed by atoms with Crippen LogP contribution in [0.5, 0.6) is 0 Å². The van der Waals surface area contributed by atoms with Crippen LogP contribution in [0, 0.1) is 13.8 Å². The van der Waals surface area contributed by atoms with Gasteiger partial charge in [0.25, 0.3) is 11.8 Å². The Hall–Kier alpha value is -4.24. The van der Waals surface area contributed by atoms with E-state index in [0.29, 0.717) is 16.9 Å². The number of aromatic nitrogens is 2. The first-order chi connectivity index (χ1) is 15.7. The quantitative estimate of drug-likeness (QED) is 0.450. The maximum absolute atomic E-state index is 13.1. The highest BCUT2D eigenvalue weighted by Crippen LogP contribution is 2.27. The normalized spacial score (nSPS) is 15.2. The number of carbonyl (C=O) groups is 4. The number of amides is 4. The summed E-state index contributed by atoms with van der Waals surface area (Å²) in [4.78, 5) is 54.0. The highest BCUT2D eigenvalue weighted by molar-refractivity contribution is 6.39. The smallest absolute Gasteiger partial charge is 0.337 e. The molecule has 4 rings (SSSR count). The number of nitrogens with one attached hydrogen (secondary N) is 1. The number of aryl methyl sites for hydroxylation is 1. The molecular weight excluding hydrogens is 448 g/mol. The molecule has 10 heteroatoms. The van der Waals surface area contributed by atoms with Crippen LogP contribution in [0.4, 0.5) is 10.5 Å². The largest absolute Gasteiger partial charge is 0.478 e. The molecule has 2 aromatic heterocycles. The second-order valence-electron chi connectivity index (χ2n) is 7.29. The lowest BCUT2D eigenvalue weighted by atomic mass is 10.1. The van der Waals surface area contributed by atoms with Crippen LogP contribution in [0.1, 0.15) is 27.3 Å². The van der Waals surface area contributed by atoms with Gasteiger partial charge in [0.05, 0.1) is 16.3 Å². The third-order valence-electron chi connectivity index (χ3n) is 5.23. The Labute approximate surface area is 192 Å². The van der Waals surface area contributed by atoms with Crippen molar-refractivity contribution in [3.05, 3.63) is 81.9 Å². The molecule has 1 aromatic carbocycles. The van der Waals surface area contributed by atoms with Crippen molar-refractivity contribution in [2.24, 2.45) is 0 Å². The molecule has 9 nitrogen and oxygen atoms in total. The number of benzene rings is 1. The molecular formula is C23H17ClN4O5. The summed E-state index contributed by atoms with van der Waals surface area (Å²) in [5.74, 6) is -2.73. The van der Waals surface area contributed by atoms with Crippen molar-refractivity contribution in [2.45, 2.75) is 13.8 Å². The summed E-state index contributed by atoms with van der Waals surface area (Å²) in [5.41, 5.74) is 2.53. The van der Waals surface area contributed by atoms with Gasteiger partial charge < -0.3 is 9.67 Å². The molecule has 2 N–H and O–H groups in total. The molecule has 0 atom stereocenters. The van der Waals surface area contributed by atoms with Gasteiger partial charge in [-0.25, -0.2) is 14.5 Å². The number of aromatic carboxylic acids is 1. The molecule has 0 radical (unpaired) electrons. The number of carboxylic acids is 1. The van der Waals surface area contributed by atoms with Crippen molar-refractivity contribution >= 4 is 47.2 Å². The van der Waals surface area contributed by atoms with E-state index in [2.05, 4.69) is 10.3 Å². The van der Waals surface area contributed by atoms with Crippen LogP contribution < -0.4 is 10.2 Å². The van der Waals surface area contributed by atoms with Crippen molar-refractivity contribution < 1.29 is 24.3 Å². The van der Waals surface area contributed by atoms with E-state index in [4.69, 9.17) is 11.6 Å². The van der Waals surface area contributed by atoms with Gasteiger partial charge >= 0.3 is 12.0 Å². The van der Waals surface area contributed by atoms with Crippen molar-refractivity contribution in [1.29, 1.82) is 0 Å². The van der Waals surface area contributed by atoms with Gasteiger partial charge in [0.1, 0.15) is 5.57 Å². The average molecular weight is 465 g/mol. The van der Waals surface area contributed by atoms with Crippen LogP contribution in [-0.4, -0.2) is 38.5 Å². The summed E-state index contributed by atoms with van der Waals surface area (Å²) in [5, 5.41) is 11.7. The highest BCUT2D eigenvalue weighted by atomic mass is 35.5. The van der Waals surface area contributed by atoms with Crippen LogP contribution in [-0.2, 0) is 9.59 Å². The second-order valence-corrected chi connectivity index (χ2v) is 7.70. The summed E-state index contributed by atoms with van der Waals surface area (Å²) in [6.07, 6.45) is 4.27. The molecule has 4 amide bonds. The molecule has 1 fully saturated rings. The molecule has 0 unspecified atom stereocenters. The number of halogens is 1. The standard InChI is InChI=1S/C23H17ClN4O5/c1-12-9-14(13(2)27(12)16-3-4-19(24)17(11-16)22(31)32)10-18-20(29)26-23(33)28(21(18)30)15-5-7-25-8-6-15/h3-11H,1-2H3,(H,31,32)(H,26,29,33)/b18-10+. The third-order valence-corrected chi connectivity index (χ3v) is 5.56. The third kappa shape index (κ3) is 3.90. The predicted octanol–water partition coefficient (Wildman–Crippen LogP) is 3.51. The van der Waals surface area contributed by atoms with E-state index in [1.807, 2.05) is 0 Å². The fraction of sp³-hybridized carbons (Fsp3) is 0.0870. The van der Waals surface area contributed by atoms with E-state index in [9.17, 15) is 24.3 Å². The molecule has 1 aliphatic heterocycles. The van der Waals surface area contributed by atoms with Gasteiger partial charge in [-0.3, -0.25) is 19.9 Å². The van der Waals surface area contributed by atoms with Gasteiger partial charge in [0.2, 0.25) is 0 Å². The summed E-state index contributed by atoms with van der Waals surface area (Å²) < 4.78 is 1.78. The number of hydrogen-bond acceptors (Lipinski definition) is 5. The molecule has 0 bridgehead atoms. The molecule has 1 aliphatic rings. The molecule has 33 heavy (non-hydrogen) atoms. The SMILES string of the molecule is Cc1cc(/C=C2\C(=O)NC(=O)N(c3ccncc3)C2=O)c(C)n1-c1ccc(Cl)c(C(=O)O)c1. The summed E-state index contributed by atoms with van der Waals surface area (Å²) in [6, 6.07) is 8.49. The Kier molecular flexibility index (Phi) is 5.57. The van der Waals surface area contributed by atoms with Crippen molar-refractivity contribution in [2.75, 3.05) is 4.90 Å². The van der Waals surface area contributed by atoms with Crippen LogP contribution in [0.2, 0.25) is 5.02 Å². The van der Waals surface area contributed by atoms with Gasteiger partial charge in [-0.05, 0) is 61.9 Å². The van der Waals surface area contributed by atoms with Crippen LogP contribution >= 0.6 is 11.6 Å². The van der Waals surface area contributed by atoms with Crippen molar-refractivity contribution in [3.63, 3.8) is 0 Å². The number of carbonyl (C=O) groups excluding carboxylic acids is 3. The number of carboxylic acid groups (broad SMARTS) is 1. The van der Waals surface area contributed by atoms with Gasteiger partial charge in [0.15, 0.2) is 0 Å². The number of rotatable bonds is 4. The van der Waals surface area contributed by atoms with Crippen molar-refractivity contribution in [1.82, 2.24) is 14.9 Å². The Balaban J connectivity index is 1.78. The number of urea groups is 1. The van der Waals surface area contributed by atoms with Crippen LogP contribution in [0.15, 0.2) is 54.4 Å². The predicted molar refractivity (Wildman–Crippen MR) is 120 cm³/mol. The fourth-order valence-corrected chi connectivity index (χ4v) is 3.89. The first kappa shape index (κ1) is 22.0.